The molecule has 3 aromatic rings. The van der Waals surface area contributed by atoms with Crippen molar-refractivity contribution in [2.45, 2.75) is 0 Å². The number of halogens is 2. The molecule has 1 aromatic heterocycles. The van der Waals surface area contributed by atoms with Crippen LogP contribution in [0.3, 0.4) is 0 Å². The zero-order valence-electron chi connectivity index (χ0n) is 11.1. The van der Waals surface area contributed by atoms with E-state index in [1.165, 1.54) is 19.2 Å². The van der Waals surface area contributed by atoms with Crippen molar-refractivity contribution in [3.05, 3.63) is 63.8 Å². The van der Waals surface area contributed by atoms with Gasteiger partial charge in [0.1, 0.15) is 11.6 Å². The van der Waals surface area contributed by atoms with Gasteiger partial charge in [-0.15, -0.1) is 0 Å². The number of hydrogen-bond acceptors (Lipinski definition) is 2. The van der Waals surface area contributed by atoms with Crippen LogP contribution in [0, 0.1) is 5.82 Å². The molecule has 2 aromatic carbocycles. The zero-order valence-corrected chi connectivity index (χ0v) is 11.9. The number of hydrogen-bond donors (Lipinski definition) is 1. The summed E-state index contributed by atoms with van der Waals surface area (Å²) in [7, 11) is 1.54. The van der Waals surface area contributed by atoms with Crippen molar-refractivity contribution < 1.29 is 9.13 Å². The second-order valence-corrected chi connectivity index (χ2v) is 4.97. The number of aromatic nitrogens is 1. The van der Waals surface area contributed by atoms with E-state index in [-0.39, 0.29) is 5.56 Å². The van der Waals surface area contributed by atoms with Gasteiger partial charge in [0.15, 0.2) is 0 Å². The monoisotopic (exact) mass is 303 g/mol. The highest BCUT2D eigenvalue weighted by Crippen LogP contribution is 2.33. The lowest BCUT2D eigenvalue weighted by atomic mass is 10.0. The topological polar surface area (TPSA) is 42.1 Å². The molecule has 0 aliphatic carbocycles. The maximum atomic E-state index is 13.2. The highest BCUT2D eigenvalue weighted by atomic mass is 35.5. The number of nitrogens with one attached hydrogen (secondary N) is 1. The van der Waals surface area contributed by atoms with Crippen LogP contribution in [0.15, 0.2) is 47.4 Å². The first kappa shape index (κ1) is 13.6. The van der Waals surface area contributed by atoms with E-state index < -0.39 is 5.82 Å². The molecule has 0 amide bonds. The van der Waals surface area contributed by atoms with Crippen LogP contribution in [0.25, 0.3) is 21.9 Å². The van der Waals surface area contributed by atoms with Gasteiger partial charge in [0.05, 0.1) is 17.5 Å². The van der Waals surface area contributed by atoms with Gasteiger partial charge >= 0.3 is 0 Å². The number of methoxy groups -OCH3 is 1. The second kappa shape index (κ2) is 5.22. The minimum atomic E-state index is -0.404. The maximum Gasteiger partial charge on any atom is 0.255 e. The summed E-state index contributed by atoms with van der Waals surface area (Å²) in [5, 5.41) is 1.51. The van der Waals surface area contributed by atoms with Crippen molar-refractivity contribution >= 4 is 22.4 Å². The van der Waals surface area contributed by atoms with Gasteiger partial charge in [-0.1, -0.05) is 11.6 Å². The Labute approximate surface area is 124 Å². The quantitative estimate of drug-likeness (QED) is 0.777. The minimum Gasteiger partial charge on any atom is -0.497 e. The molecule has 0 atom stereocenters. The molecule has 106 valence electrons. The number of pyridine rings is 1. The largest absolute Gasteiger partial charge is 0.497 e. The molecule has 3 nitrogen and oxygen atoms in total. The van der Waals surface area contributed by atoms with E-state index in [9.17, 15) is 9.18 Å². The lowest BCUT2D eigenvalue weighted by Gasteiger charge is -2.09. The maximum absolute atomic E-state index is 13.2. The smallest absolute Gasteiger partial charge is 0.255 e. The minimum absolute atomic E-state index is 0.217. The van der Waals surface area contributed by atoms with Gasteiger partial charge in [-0.2, -0.15) is 0 Å². The van der Waals surface area contributed by atoms with Gasteiger partial charge in [-0.25, -0.2) is 4.39 Å². The second-order valence-electron chi connectivity index (χ2n) is 4.57. The van der Waals surface area contributed by atoms with Gasteiger partial charge in [-0.05, 0) is 41.8 Å². The van der Waals surface area contributed by atoms with E-state index in [1.807, 2.05) is 0 Å². The van der Waals surface area contributed by atoms with Crippen LogP contribution < -0.4 is 10.3 Å². The Bertz CT molecular complexity index is 889. The zero-order chi connectivity index (χ0) is 15.0. The van der Waals surface area contributed by atoms with E-state index >= 15 is 0 Å². The molecule has 3 rings (SSSR count). The lowest BCUT2D eigenvalue weighted by Crippen LogP contribution is -2.06. The van der Waals surface area contributed by atoms with Gasteiger partial charge in [0, 0.05) is 17.3 Å². The van der Waals surface area contributed by atoms with Crippen LogP contribution in [0.2, 0.25) is 5.02 Å². The average molecular weight is 304 g/mol. The molecular weight excluding hydrogens is 293 g/mol. The summed E-state index contributed by atoms with van der Waals surface area (Å²) < 4.78 is 18.3. The highest BCUT2D eigenvalue weighted by Gasteiger charge is 2.11. The van der Waals surface area contributed by atoms with Gasteiger partial charge < -0.3 is 9.72 Å². The first-order valence-corrected chi connectivity index (χ1v) is 6.63. The van der Waals surface area contributed by atoms with Crippen LogP contribution in [0.4, 0.5) is 4.39 Å². The summed E-state index contributed by atoms with van der Waals surface area (Å²) in [6, 6.07) is 9.39. The Balaban J connectivity index is 2.33. The predicted molar refractivity (Wildman–Crippen MR) is 81.5 cm³/mol. The average Bonchev–Trinajstić information content (AvgIpc) is 2.48. The summed E-state index contributed by atoms with van der Waals surface area (Å²) in [6.07, 6.45) is 1.58. The van der Waals surface area contributed by atoms with E-state index in [2.05, 4.69) is 4.98 Å². The third-order valence-electron chi connectivity index (χ3n) is 3.33. The van der Waals surface area contributed by atoms with Gasteiger partial charge in [0.2, 0.25) is 0 Å². The molecule has 0 aliphatic rings. The highest BCUT2D eigenvalue weighted by molar-refractivity contribution is 6.33. The molecule has 0 saturated carbocycles. The third kappa shape index (κ3) is 2.38. The van der Waals surface area contributed by atoms with E-state index in [1.54, 1.807) is 30.5 Å². The molecule has 1 N–H and O–H groups in total. The summed E-state index contributed by atoms with van der Waals surface area (Å²) in [5.41, 5.74) is 1.17. The van der Waals surface area contributed by atoms with Crippen LogP contribution in [0.1, 0.15) is 0 Å². The lowest BCUT2D eigenvalue weighted by molar-refractivity contribution is 0.415. The molecular formula is C16H11ClFNO2. The molecule has 1 heterocycles. The number of benzene rings is 2. The Morgan fingerprint density at radius 2 is 1.90 bits per heavy atom. The Morgan fingerprint density at radius 1 is 1.10 bits per heavy atom. The van der Waals surface area contributed by atoms with Crippen LogP contribution in [-0.4, -0.2) is 12.1 Å². The number of ether oxygens (including phenoxy) is 1. The number of aromatic amines is 1. The van der Waals surface area contributed by atoms with Crippen molar-refractivity contribution in [2.24, 2.45) is 0 Å². The Morgan fingerprint density at radius 3 is 2.62 bits per heavy atom. The molecule has 0 saturated heterocycles. The normalized spacial score (nSPS) is 10.8. The van der Waals surface area contributed by atoms with Crippen molar-refractivity contribution in [3.8, 4) is 16.9 Å². The first-order valence-electron chi connectivity index (χ1n) is 6.25. The molecule has 0 bridgehead atoms. The van der Waals surface area contributed by atoms with Crippen molar-refractivity contribution in [3.63, 3.8) is 0 Å². The third-order valence-corrected chi connectivity index (χ3v) is 3.64. The molecule has 0 spiro atoms. The van der Waals surface area contributed by atoms with Crippen LogP contribution in [-0.2, 0) is 0 Å². The number of fused-ring (bicyclic) bond motifs is 1. The Hall–Kier alpha value is -2.33. The summed E-state index contributed by atoms with van der Waals surface area (Å²) in [5.74, 6) is 0.189. The molecule has 0 unspecified atom stereocenters. The summed E-state index contributed by atoms with van der Waals surface area (Å²) >= 11 is 6.11. The van der Waals surface area contributed by atoms with E-state index in [0.29, 0.717) is 21.7 Å². The van der Waals surface area contributed by atoms with Gasteiger partial charge in [0.25, 0.3) is 5.56 Å². The van der Waals surface area contributed by atoms with Crippen LogP contribution >= 0.6 is 11.6 Å². The molecule has 5 heteroatoms. The van der Waals surface area contributed by atoms with Crippen molar-refractivity contribution in [2.75, 3.05) is 7.11 Å². The predicted octanol–water partition coefficient (Wildman–Crippen LogP) is 4.00. The van der Waals surface area contributed by atoms with Crippen molar-refractivity contribution in [1.82, 2.24) is 4.98 Å². The molecule has 0 aliphatic heterocycles. The molecule has 0 fully saturated rings. The fourth-order valence-electron chi connectivity index (χ4n) is 2.30. The van der Waals surface area contributed by atoms with E-state index in [4.69, 9.17) is 16.3 Å². The fourth-order valence-corrected chi connectivity index (χ4v) is 2.57. The standard InChI is InChI=1S/C16H11ClFNO2/c1-21-10-3-5-11-13(7-10)16(20)19-8-14(11)12-4-2-9(18)6-15(12)17/h2-8H,1H3,(H,19,20). The fraction of sp³-hybridized carbons (Fsp3) is 0.0625. The van der Waals surface area contributed by atoms with Crippen molar-refractivity contribution in [1.29, 1.82) is 0 Å². The first-order chi connectivity index (χ1) is 10.1. The number of H-pyrrole nitrogens is 1. The SMILES string of the molecule is COc1ccc2c(-c3ccc(F)cc3Cl)c[nH]c(=O)c2c1. The summed E-state index contributed by atoms with van der Waals surface area (Å²) in [4.78, 5) is 14.6. The number of rotatable bonds is 2. The van der Waals surface area contributed by atoms with E-state index in [0.717, 1.165) is 10.9 Å². The summed E-state index contributed by atoms with van der Waals surface area (Å²) in [6.45, 7) is 0. The van der Waals surface area contributed by atoms with Gasteiger partial charge in [-0.3, -0.25) is 4.79 Å². The molecule has 0 radical (unpaired) electrons. The van der Waals surface area contributed by atoms with Crippen LogP contribution in [0.5, 0.6) is 5.75 Å². The Kier molecular flexibility index (Phi) is 3.39. The molecule has 21 heavy (non-hydrogen) atoms.